The molecule has 3 heterocycles. The minimum atomic E-state index is -0.582. The smallest absolute Gasteiger partial charge is 0.267 e. The van der Waals surface area contributed by atoms with Crippen molar-refractivity contribution in [2.45, 2.75) is 51.6 Å². The first kappa shape index (κ1) is 24.2. The third-order valence-corrected chi connectivity index (χ3v) is 6.34. The number of amides is 3. The molecule has 35 heavy (non-hydrogen) atoms. The molecule has 1 aliphatic rings. The first-order chi connectivity index (χ1) is 16.8. The molecular weight excluding hydrogens is 446 g/mol. The summed E-state index contributed by atoms with van der Waals surface area (Å²) in [4.78, 5) is 40.6. The number of nitrogens with two attached hydrogens (primary N) is 1. The maximum absolute atomic E-state index is 13.3. The molecule has 0 radical (unpaired) electrons. The van der Waals surface area contributed by atoms with E-state index >= 15 is 0 Å². The maximum atomic E-state index is 13.3. The molecule has 3 aromatic heterocycles. The molecule has 10 heteroatoms. The fourth-order valence-electron chi connectivity index (χ4n) is 4.50. The summed E-state index contributed by atoms with van der Waals surface area (Å²) in [6.45, 7) is 4.02. The highest BCUT2D eigenvalue weighted by atomic mass is 16.2. The number of anilines is 1. The Hall–Kier alpha value is -3.95. The lowest BCUT2D eigenvalue weighted by molar-refractivity contribution is -0.125. The summed E-state index contributed by atoms with van der Waals surface area (Å²) < 4.78 is 1.72. The molecule has 0 spiro atoms. The van der Waals surface area contributed by atoms with E-state index in [1.165, 1.54) is 0 Å². The summed E-state index contributed by atoms with van der Waals surface area (Å²) in [6, 6.07) is 5.40. The van der Waals surface area contributed by atoms with E-state index in [9.17, 15) is 14.4 Å². The summed E-state index contributed by atoms with van der Waals surface area (Å²) in [6.07, 6.45) is 8.04. The van der Waals surface area contributed by atoms with Gasteiger partial charge in [-0.3, -0.25) is 19.4 Å². The van der Waals surface area contributed by atoms with E-state index < -0.39 is 5.91 Å². The quantitative estimate of drug-likeness (QED) is 0.411. The van der Waals surface area contributed by atoms with E-state index in [4.69, 9.17) is 5.73 Å². The minimum absolute atomic E-state index is 0.00926. The minimum Gasteiger partial charge on any atom is -0.380 e. The van der Waals surface area contributed by atoms with E-state index in [1.807, 2.05) is 26.1 Å². The van der Waals surface area contributed by atoms with Gasteiger partial charge in [0.05, 0.1) is 23.0 Å². The predicted octanol–water partition coefficient (Wildman–Crippen LogP) is 2.35. The first-order valence-corrected chi connectivity index (χ1v) is 11.8. The largest absolute Gasteiger partial charge is 0.380 e. The number of carbonyl (C=O) groups excluding carboxylic acids is 3. The number of aromatic nitrogens is 3. The van der Waals surface area contributed by atoms with Gasteiger partial charge in [-0.1, -0.05) is 6.07 Å². The van der Waals surface area contributed by atoms with Crippen molar-refractivity contribution >= 4 is 28.9 Å². The number of pyridine rings is 1. The second-order valence-corrected chi connectivity index (χ2v) is 9.22. The van der Waals surface area contributed by atoms with Crippen molar-refractivity contribution in [3.63, 3.8) is 0 Å². The molecule has 0 unspecified atom stereocenters. The molecule has 3 aromatic rings. The molecule has 5 N–H and O–H groups in total. The van der Waals surface area contributed by atoms with Gasteiger partial charge in [0, 0.05) is 48.6 Å². The molecule has 3 amide bonds. The number of carbonyl (C=O) groups is 3. The third-order valence-electron chi connectivity index (χ3n) is 6.34. The Morgan fingerprint density at radius 3 is 2.43 bits per heavy atom. The van der Waals surface area contributed by atoms with E-state index in [2.05, 4.69) is 26.0 Å². The van der Waals surface area contributed by atoms with E-state index in [1.54, 1.807) is 36.1 Å². The Labute approximate surface area is 203 Å². The average molecular weight is 478 g/mol. The normalized spacial score (nSPS) is 17.8. The summed E-state index contributed by atoms with van der Waals surface area (Å²) in [5.41, 5.74) is 9.04. The van der Waals surface area contributed by atoms with Gasteiger partial charge < -0.3 is 21.7 Å². The van der Waals surface area contributed by atoms with Gasteiger partial charge >= 0.3 is 0 Å². The van der Waals surface area contributed by atoms with Crippen LogP contribution in [-0.2, 0) is 4.79 Å². The topological polar surface area (TPSA) is 144 Å². The van der Waals surface area contributed by atoms with Gasteiger partial charge in [-0.2, -0.15) is 5.10 Å². The number of hydrogen-bond acceptors (Lipinski definition) is 6. The zero-order valence-corrected chi connectivity index (χ0v) is 20.2. The van der Waals surface area contributed by atoms with Crippen molar-refractivity contribution < 1.29 is 14.4 Å². The SMILES string of the molecule is CNC(=O)C1CCC(NC(=O)c2cnn3cc(-c4ccc(C(N)=O)nc4)cc3c2NC(C)C)CC1. The molecule has 0 atom stereocenters. The highest BCUT2D eigenvalue weighted by Crippen LogP contribution is 2.30. The lowest BCUT2D eigenvalue weighted by Crippen LogP contribution is -2.40. The van der Waals surface area contributed by atoms with Crippen molar-refractivity contribution in [3.05, 3.63) is 48.0 Å². The lowest BCUT2D eigenvalue weighted by atomic mass is 9.85. The summed E-state index contributed by atoms with van der Waals surface area (Å²) in [5.74, 6) is -0.699. The van der Waals surface area contributed by atoms with Crippen LogP contribution in [0.5, 0.6) is 0 Å². The second kappa shape index (κ2) is 10.1. The molecule has 0 saturated heterocycles. The van der Waals surface area contributed by atoms with Crippen LogP contribution in [0.3, 0.4) is 0 Å². The number of fused-ring (bicyclic) bond motifs is 1. The van der Waals surface area contributed by atoms with Gasteiger partial charge in [0.2, 0.25) is 5.91 Å². The monoisotopic (exact) mass is 477 g/mol. The molecule has 0 aromatic carbocycles. The predicted molar refractivity (Wildman–Crippen MR) is 133 cm³/mol. The highest BCUT2D eigenvalue weighted by molar-refractivity contribution is 6.03. The molecule has 0 bridgehead atoms. The van der Waals surface area contributed by atoms with Crippen molar-refractivity contribution in [2.75, 3.05) is 12.4 Å². The van der Waals surface area contributed by atoms with Crippen LogP contribution in [0.1, 0.15) is 60.4 Å². The number of nitrogens with zero attached hydrogens (tertiary/aromatic N) is 3. The van der Waals surface area contributed by atoms with E-state index in [0.717, 1.165) is 42.3 Å². The van der Waals surface area contributed by atoms with Crippen LogP contribution < -0.4 is 21.7 Å². The van der Waals surface area contributed by atoms with Crippen LogP contribution in [-0.4, -0.2) is 51.5 Å². The van der Waals surface area contributed by atoms with Gasteiger partial charge in [0.15, 0.2) is 0 Å². The molecule has 4 rings (SSSR count). The van der Waals surface area contributed by atoms with Crippen LogP contribution in [0.25, 0.3) is 16.6 Å². The Balaban J connectivity index is 1.59. The Kier molecular flexibility index (Phi) is 6.99. The zero-order valence-electron chi connectivity index (χ0n) is 20.2. The van der Waals surface area contributed by atoms with Crippen molar-refractivity contribution in [2.24, 2.45) is 11.7 Å². The fraction of sp³-hybridized carbons (Fsp3) is 0.400. The highest BCUT2D eigenvalue weighted by Gasteiger charge is 2.27. The van der Waals surface area contributed by atoms with Crippen LogP contribution in [0.2, 0.25) is 0 Å². The number of hydrogen-bond donors (Lipinski definition) is 4. The fourth-order valence-corrected chi connectivity index (χ4v) is 4.50. The molecule has 1 fully saturated rings. The summed E-state index contributed by atoms with van der Waals surface area (Å²) in [5, 5.41) is 13.7. The van der Waals surface area contributed by atoms with Crippen LogP contribution in [0.4, 0.5) is 5.69 Å². The van der Waals surface area contributed by atoms with Crippen LogP contribution in [0.15, 0.2) is 36.8 Å². The molecule has 0 aliphatic heterocycles. The average Bonchev–Trinajstić information content (AvgIpc) is 3.29. The van der Waals surface area contributed by atoms with Crippen molar-refractivity contribution in [3.8, 4) is 11.1 Å². The van der Waals surface area contributed by atoms with Crippen molar-refractivity contribution in [1.29, 1.82) is 0 Å². The Morgan fingerprint density at radius 1 is 1.09 bits per heavy atom. The molecular formula is C25H31N7O3. The Bertz CT molecular complexity index is 1240. The van der Waals surface area contributed by atoms with E-state index in [0.29, 0.717) is 11.3 Å². The molecule has 184 valence electrons. The van der Waals surface area contributed by atoms with Crippen LogP contribution >= 0.6 is 0 Å². The zero-order chi connectivity index (χ0) is 25.1. The summed E-state index contributed by atoms with van der Waals surface area (Å²) in [7, 11) is 1.65. The molecule has 1 saturated carbocycles. The number of primary amides is 1. The maximum Gasteiger partial charge on any atom is 0.267 e. The standard InChI is InChI=1S/C25H31N7O3/c1-14(2)30-22-19(25(35)31-18-7-4-15(5-8-18)24(34)27-3)12-29-32-13-17(10-21(22)32)16-6-9-20(23(26)33)28-11-16/h6,9-15,18,30H,4-5,7-8H2,1-3H3,(H2,26,33)(H,27,34)(H,31,35). The second-order valence-electron chi connectivity index (χ2n) is 9.22. The van der Waals surface area contributed by atoms with Crippen LogP contribution in [0, 0.1) is 5.92 Å². The van der Waals surface area contributed by atoms with Gasteiger partial charge in [0.1, 0.15) is 5.69 Å². The number of rotatable bonds is 7. The summed E-state index contributed by atoms with van der Waals surface area (Å²) >= 11 is 0. The first-order valence-electron chi connectivity index (χ1n) is 11.8. The molecule has 1 aliphatic carbocycles. The lowest BCUT2D eigenvalue weighted by Gasteiger charge is -2.28. The van der Waals surface area contributed by atoms with Crippen molar-refractivity contribution in [1.82, 2.24) is 25.2 Å². The third kappa shape index (κ3) is 5.26. The Morgan fingerprint density at radius 2 is 1.83 bits per heavy atom. The van der Waals surface area contributed by atoms with E-state index in [-0.39, 0.29) is 35.5 Å². The van der Waals surface area contributed by atoms with Gasteiger partial charge in [0.25, 0.3) is 11.8 Å². The van der Waals surface area contributed by atoms with Gasteiger partial charge in [-0.05, 0) is 51.7 Å². The number of nitrogens with one attached hydrogen (secondary N) is 3. The molecule has 10 nitrogen and oxygen atoms in total. The van der Waals surface area contributed by atoms with Gasteiger partial charge in [-0.25, -0.2) is 4.52 Å². The van der Waals surface area contributed by atoms with Gasteiger partial charge in [-0.15, -0.1) is 0 Å².